The molecule has 0 saturated carbocycles. The van der Waals surface area contributed by atoms with Gasteiger partial charge in [0.15, 0.2) is 0 Å². The van der Waals surface area contributed by atoms with Gasteiger partial charge in [-0.1, -0.05) is 6.92 Å². The summed E-state index contributed by atoms with van der Waals surface area (Å²) < 4.78 is 5.61. The van der Waals surface area contributed by atoms with Gasteiger partial charge in [-0.05, 0) is 26.2 Å². The zero-order valence-electron chi connectivity index (χ0n) is 8.68. The first-order chi connectivity index (χ1) is 6.16. The molecule has 1 rings (SSSR count). The lowest BCUT2D eigenvalue weighted by molar-refractivity contribution is 0.0284. The first-order valence-electron chi connectivity index (χ1n) is 5.09. The molecule has 1 saturated heterocycles. The van der Waals surface area contributed by atoms with Crippen LogP contribution in [-0.2, 0) is 4.74 Å². The van der Waals surface area contributed by atoms with Crippen molar-refractivity contribution in [3.63, 3.8) is 0 Å². The lowest BCUT2D eigenvalue weighted by atomic mass is 10.0. The van der Waals surface area contributed by atoms with Crippen molar-refractivity contribution in [2.24, 2.45) is 10.7 Å². The lowest BCUT2D eigenvalue weighted by Gasteiger charge is -2.20. The highest BCUT2D eigenvalue weighted by Crippen LogP contribution is 2.24. The fourth-order valence-electron chi connectivity index (χ4n) is 1.57. The van der Waals surface area contributed by atoms with Crippen molar-refractivity contribution >= 4 is 5.84 Å². The van der Waals surface area contributed by atoms with Crippen molar-refractivity contribution in [1.82, 2.24) is 0 Å². The SMILES string of the molecule is CCCC(N)=NCC1(C)CCCO1. The van der Waals surface area contributed by atoms with Crippen molar-refractivity contribution in [1.29, 1.82) is 0 Å². The maximum absolute atomic E-state index is 5.72. The molecule has 76 valence electrons. The predicted octanol–water partition coefficient (Wildman–Crippen LogP) is 1.71. The third-order valence-corrected chi connectivity index (χ3v) is 2.42. The van der Waals surface area contributed by atoms with E-state index in [2.05, 4.69) is 18.8 Å². The highest BCUT2D eigenvalue weighted by Gasteiger charge is 2.29. The Kier molecular flexibility index (Phi) is 3.72. The average molecular weight is 184 g/mol. The Bertz CT molecular complexity index is 183. The summed E-state index contributed by atoms with van der Waals surface area (Å²) in [5.74, 6) is 0.763. The molecule has 1 unspecified atom stereocenters. The highest BCUT2D eigenvalue weighted by molar-refractivity contribution is 5.80. The molecule has 1 fully saturated rings. The predicted molar refractivity (Wildman–Crippen MR) is 55.0 cm³/mol. The molecule has 1 aliphatic heterocycles. The number of ether oxygens (including phenoxy) is 1. The quantitative estimate of drug-likeness (QED) is 0.534. The molecule has 0 aromatic rings. The molecular formula is C10H20N2O. The van der Waals surface area contributed by atoms with Gasteiger partial charge in [-0.2, -0.15) is 0 Å². The van der Waals surface area contributed by atoms with Crippen LogP contribution < -0.4 is 5.73 Å². The van der Waals surface area contributed by atoms with Crippen LogP contribution in [0, 0.1) is 0 Å². The van der Waals surface area contributed by atoms with Crippen LogP contribution in [0.1, 0.15) is 39.5 Å². The van der Waals surface area contributed by atoms with E-state index in [9.17, 15) is 0 Å². The molecule has 1 aliphatic rings. The minimum Gasteiger partial charge on any atom is -0.387 e. The van der Waals surface area contributed by atoms with E-state index in [0.717, 1.165) is 44.7 Å². The molecule has 3 nitrogen and oxygen atoms in total. The molecule has 3 heteroatoms. The van der Waals surface area contributed by atoms with E-state index in [1.165, 1.54) is 0 Å². The van der Waals surface area contributed by atoms with Crippen molar-refractivity contribution in [2.75, 3.05) is 13.2 Å². The topological polar surface area (TPSA) is 47.6 Å². The third kappa shape index (κ3) is 3.35. The van der Waals surface area contributed by atoms with Crippen molar-refractivity contribution in [3.05, 3.63) is 0 Å². The van der Waals surface area contributed by atoms with Gasteiger partial charge < -0.3 is 10.5 Å². The average Bonchev–Trinajstić information content (AvgIpc) is 2.51. The molecule has 0 aromatic carbocycles. The first kappa shape index (κ1) is 10.5. The minimum atomic E-state index is -0.0433. The van der Waals surface area contributed by atoms with Crippen LogP contribution in [0.2, 0.25) is 0 Å². The van der Waals surface area contributed by atoms with Crippen LogP contribution in [0.5, 0.6) is 0 Å². The molecule has 13 heavy (non-hydrogen) atoms. The summed E-state index contributed by atoms with van der Waals surface area (Å²) in [6.07, 6.45) is 4.22. The first-order valence-corrected chi connectivity index (χ1v) is 5.09. The maximum atomic E-state index is 5.72. The third-order valence-electron chi connectivity index (χ3n) is 2.42. The van der Waals surface area contributed by atoms with Gasteiger partial charge in [-0.25, -0.2) is 0 Å². The van der Waals surface area contributed by atoms with E-state index in [4.69, 9.17) is 10.5 Å². The molecule has 2 N–H and O–H groups in total. The maximum Gasteiger partial charge on any atom is 0.0938 e. The van der Waals surface area contributed by atoms with Gasteiger partial charge in [0.1, 0.15) is 0 Å². The molecule has 0 radical (unpaired) electrons. The standard InChI is InChI=1S/C10H20N2O/c1-3-5-9(11)12-8-10(2)6-4-7-13-10/h3-8H2,1-2H3,(H2,11,12). The summed E-state index contributed by atoms with van der Waals surface area (Å²) in [6.45, 7) is 5.82. The second kappa shape index (κ2) is 4.61. The number of aliphatic imine (C=N–C) groups is 1. The molecule has 1 heterocycles. The van der Waals surface area contributed by atoms with E-state index in [0.29, 0.717) is 0 Å². The summed E-state index contributed by atoms with van der Waals surface area (Å²) in [5, 5.41) is 0. The minimum absolute atomic E-state index is 0.0433. The van der Waals surface area contributed by atoms with Gasteiger partial charge >= 0.3 is 0 Å². The van der Waals surface area contributed by atoms with Crippen molar-refractivity contribution < 1.29 is 4.74 Å². The Morgan fingerprint density at radius 2 is 2.38 bits per heavy atom. The van der Waals surface area contributed by atoms with E-state index in [-0.39, 0.29) is 5.60 Å². The van der Waals surface area contributed by atoms with E-state index >= 15 is 0 Å². The second-order valence-corrected chi connectivity index (χ2v) is 3.96. The Morgan fingerprint density at radius 3 is 2.92 bits per heavy atom. The smallest absolute Gasteiger partial charge is 0.0938 e. The van der Waals surface area contributed by atoms with Crippen LogP contribution in [0.3, 0.4) is 0 Å². The number of nitrogens with zero attached hydrogens (tertiary/aromatic N) is 1. The fraction of sp³-hybridized carbons (Fsp3) is 0.900. The summed E-state index contributed by atoms with van der Waals surface area (Å²) in [4.78, 5) is 4.34. The van der Waals surface area contributed by atoms with E-state index in [1.807, 2.05) is 0 Å². The molecule has 0 bridgehead atoms. The molecule has 1 atom stereocenters. The number of amidine groups is 1. The van der Waals surface area contributed by atoms with Gasteiger partial charge in [0.05, 0.1) is 18.0 Å². The molecule has 0 aliphatic carbocycles. The molecular weight excluding hydrogens is 164 g/mol. The largest absolute Gasteiger partial charge is 0.387 e. The van der Waals surface area contributed by atoms with Crippen molar-refractivity contribution in [2.45, 2.75) is 45.1 Å². The molecule has 0 aromatic heterocycles. The number of hydrogen-bond acceptors (Lipinski definition) is 2. The second-order valence-electron chi connectivity index (χ2n) is 3.96. The normalized spacial score (nSPS) is 29.5. The summed E-state index contributed by atoms with van der Waals surface area (Å²) >= 11 is 0. The van der Waals surface area contributed by atoms with Crippen LogP contribution in [0.25, 0.3) is 0 Å². The number of hydrogen-bond donors (Lipinski definition) is 1. The zero-order valence-corrected chi connectivity index (χ0v) is 8.68. The van der Waals surface area contributed by atoms with Crippen LogP contribution in [-0.4, -0.2) is 24.6 Å². The molecule has 0 amide bonds. The van der Waals surface area contributed by atoms with E-state index in [1.54, 1.807) is 0 Å². The Balaban J connectivity index is 2.35. The summed E-state index contributed by atoms with van der Waals surface area (Å²) in [6, 6.07) is 0. The number of nitrogens with two attached hydrogens (primary N) is 1. The lowest BCUT2D eigenvalue weighted by Crippen LogP contribution is -2.28. The summed E-state index contributed by atoms with van der Waals surface area (Å²) in [5.41, 5.74) is 5.67. The van der Waals surface area contributed by atoms with Crippen LogP contribution in [0.15, 0.2) is 4.99 Å². The highest BCUT2D eigenvalue weighted by atomic mass is 16.5. The Labute approximate surface area is 80.4 Å². The van der Waals surface area contributed by atoms with Gasteiger partial charge in [0.2, 0.25) is 0 Å². The Morgan fingerprint density at radius 1 is 1.62 bits per heavy atom. The van der Waals surface area contributed by atoms with Gasteiger partial charge in [-0.15, -0.1) is 0 Å². The van der Waals surface area contributed by atoms with Gasteiger partial charge in [0, 0.05) is 13.0 Å². The fourth-order valence-corrected chi connectivity index (χ4v) is 1.57. The molecule has 0 spiro atoms. The van der Waals surface area contributed by atoms with Crippen LogP contribution in [0.4, 0.5) is 0 Å². The van der Waals surface area contributed by atoms with Gasteiger partial charge in [0.25, 0.3) is 0 Å². The monoisotopic (exact) mass is 184 g/mol. The van der Waals surface area contributed by atoms with Gasteiger partial charge in [-0.3, -0.25) is 4.99 Å². The van der Waals surface area contributed by atoms with Crippen LogP contribution >= 0.6 is 0 Å². The van der Waals surface area contributed by atoms with Crippen molar-refractivity contribution in [3.8, 4) is 0 Å². The summed E-state index contributed by atoms with van der Waals surface area (Å²) in [7, 11) is 0. The Hall–Kier alpha value is -0.570. The number of rotatable bonds is 4. The zero-order chi connectivity index (χ0) is 9.73. The van der Waals surface area contributed by atoms with E-state index < -0.39 is 0 Å².